The third kappa shape index (κ3) is 7.86. The summed E-state index contributed by atoms with van der Waals surface area (Å²) < 4.78 is 0.986. The number of nitrogens with one attached hydrogen (secondary N) is 2. The molecule has 5 rings (SSSR count). The van der Waals surface area contributed by atoms with E-state index in [2.05, 4.69) is 25.4 Å². The van der Waals surface area contributed by atoms with Crippen LogP contribution in [0.25, 0.3) is 0 Å². The lowest BCUT2D eigenvalue weighted by molar-refractivity contribution is -0.130. The molecular weight excluding hydrogens is 516 g/mol. The Hall–Kier alpha value is -1.36. The van der Waals surface area contributed by atoms with E-state index in [9.17, 15) is 9.59 Å². The van der Waals surface area contributed by atoms with Crippen LogP contribution in [0.1, 0.15) is 77.0 Å². The summed E-state index contributed by atoms with van der Waals surface area (Å²) >= 11 is 3.03. The van der Waals surface area contributed by atoms with E-state index >= 15 is 0 Å². The van der Waals surface area contributed by atoms with E-state index in [1.165, 1.54) is 69.2 Å². The van der Waals surface area contributed by atoms with Gasteiger partial charge in [0.15, 0.2) is 5.13 Å². The highest BCUT2D eigenvalue weighted by Crippen LogP contribution is 2.33. The lowest BCUT2D eigenvalue weighted by Gasteiger charge is -2.41. The molecule has 1 aromatic rings. The van der Waals surface area contributed by atoms with E-state index in [4.69, 9.17) is 0 Å². The number of thiazole rings is 1. The van der Waals surface area contributed by atoms with Gasteiger partial charge < -0.3 is 15.1 Å². The average Bonchev–Trinajstić information content (AvgIpc) is 3.41. The molecule has 3 heterocycles. The van der Waals surface area contributed by atoms with Crippen LogP contribution in [0, 0.1) is 5.92 Å². The maximum atomic E-state index is 13.5. The van der Waals surface area contributed by atoms with Crippen LogP contribution < -0.4 is 10.6 Å². The van der Waals surface area contributed by atoms with E-state index in [1.54, 1.807) is 18.0 Å². The van der Waals surface area contributed by atoms with E-state index in [0.717, 1.165) is 75.1 Å². The number of carbonyl (C=O) groups excluding carboxylic acids is 2. The predicted octanol–water partition coefficient (Wildman–Crippen LogP) is 4.88. The number of anilines is 1. The minimum absolute atomic E-state index is 0.0214. The van der Waals surface area contributed by atoms with E-state index in [0.29, 0.717) is 23.0 Å². The number of carbonyl (C=O) groups is 2. The van der Waals surface area contributed by atoms with Crippen LogP contribution in [-0.4, -0.2) is 95.3 Å². The van der Waals surface area contributed by atoms with Crippen molar-refractivity contribution in [2.24, 2.45) is 5.92 Å². The SMILES string of the molecule is O=C(CSc1cnc(NC(=O)N(C2CCCCC2)C2CCCCC2)s1)N1CCN(CC2CCNCC2)CC1. The Morgan fingerprint density at radius 3 is 2.21 bits per heavy atom. The van der Waals surface area contributed by atoms with Gasteiger partial charge in [0, 0.05) is 44.8 Å². The van der Waals surface area contributed by atoms with Gasteiger partial charge in [0.05, 0.1) is 16.2 Å². The Bertz CT molecular complexity index is 870. The largest absolute Gasteiger partial charge is 0.339 e. The molecule has 10 heteroatoms. The van der Waals surface area contributed by atoms with E-state index < -0.39 is 0 Å². The number of nitrogens with zero attached hydrogens (tertiary/aromatic N) is 4. The topological polar surface area (TPSA) is 80.8 Å². The van der Waals surface area contributed by atoms with Crippen molar-refractivity contribution in [1.29, 1.82) is 0 Å². The summed E-state index contributed by atoms with van der Waals surface area (Å²) in [7, 11) is 0. The molecule has 0 unspecified atom stereocenters. The minimum Gasteiger partial charge on any atom is -0.339 e. The fraction of sp³-hybridized carbons (Fsp3) is 0.821. The Kier molecular flexibility index (Phi) is 10.6. The van der Waals surface area contributed by atoms with Gasteiger partial charge in [0.25, 0.3) is 0 Å². The van der Waals surface area contributed by atoms with Gasteiger partial charge in [0.1, 0.15) is 0 Å². The zero-order valence-electron chi connectivity index (χ0n) is 22.9. The number of hydrogen-bond acceptors (Lipinski definition) is 7. The molecule has 8 nitrogen and oxygen atoms in total. The van der Waals surface area contributed by atoms with Gasteiger partial charge >= 0.3 is 6.03 Å². The van der Waals surface area contributed by atoms with Crippen LogP contribution >= 0.6 is 23.1 Å². The van der Waals surface area contributed by atoms with Crippen LogP contribution in [0.5, 0.6) is 0 Å². The number of amides is 3. The summed E-state index contributed by atoms with van der Waals surface area (Å²) in [5.74, 6) is 1.43. The second-order valence-electron chi connectivity index (χ2n) is 11.6. The summed E-state index contributed by atoms with van der Waals surface area (Å²) in [5.41, 5.74) is 0. The molecule has 4 fully saturated rings. The van der Waals surface area contributed by atoms with E-state index in [-0.39, 0.29) is 11.9 Å². The molecule has 2 N–H and O–H groups in total. The summed E-state index contributed by atoms with van der Waals surface area (Å²) in [6.45, 7) is 7.07. The quantitative estimate of drug-likeness (QED) is 0.440. The standard InChI is InChI=1S/C28H46N6O2S2/c35-25(33-17-15-32(16-18-33)20-22-11-13-29-14-12-22)21-37-26-19-30-27(38-26)31-28(36)34(23-7-3-1-4-8-23)24-9-5-2-6-10-24/h19,22-24,29H,1-18,20-21H2,(H,30,31,36). The lowest BCUT2D eigenvalue weighted by atomic mass is 9.89. The van der Waals surface area contributed by atoms with Crippen molar-refractivity contribution >= 4 is 40.2 Å². The van der Waals surface area contributed by atoms with Gasteiger partial charge in [0.2, 0.25) is 5.91 Å². The highest BCUT2D eigenvalue weighted by molar-refractivity contribution is 8.01. The third-order valence-corrected chi connectivity index (χ3v) is 11.0. The first-order valence-corrected chi connectivity index (χ1v) is 16.8. The molecule has 2 saturated carbocycles. The Morgan fingerprint density at radius 2 is 1.58 bits per heavy atom. The molecule has 2 aliphatic carbocycles. The highest BCUT2D eigenvalue weighted by atomic mass is 32.2. The Balaban J connectivity index is 1.07. The maximum absolute atomic E-state index is 13.5. The molecule has 212 valence electrons. The molecule has 2 aliphatic heterocycles. The molecular formula is C28H46N6O2S2. The molecule has 1 aromatic heterocycles. The fourth-order valence-corrected chi connectivity index (χ4v) is 8.49. The number of hydrogen-bond donors (Lipinski definition) is 2. The van der Waals surface area contributed by atoms with Crippen LogP contribution in [0.4, 0.5) is 9.93 Å². The van der Waals surface area contributed by atoms with Crippen molar-refractivity contribution in [3.63, 3.8) is 0 Å². The molecule has 0 spiro atoms. The summed E-state index contributed by atoms with van der Waals surface area (Å²) in [6.07, 6.45) is 16.3. The maximum Gasteiger partial charge on any atom is 0.324 e. The predicted molar refractivity (Wildman–Crippen MR) is 156 cm³/mol. The van der Waals surface area contributed by atoms with Crippen LogP contribution in [0.2, 0.25) is 0 Å². The fourth-order valence-electron chi connectivity index (χ4n) is 6.72. The molecule has 2 saturated heterocycles. The van der Waals surface area contributed by atoms with Gasteiger partial charge in [-0.15, -0.1) is 11.8 Å². The van der Waals surface area contributed by atoms with Crippen LogP contribution in [-0.2, 0) is 4.79 Å². The number of rotatable bonds is 8. The molecule has 0 bridgehead atoms. The van der Waals surface area contributed by atoms with Crippen molar-refractivity contribution in [2.75, 3.05) is 56.9 Å². The molecule has 0 aromatic carbocycles. The number of piperazine rings is 1. The number of thioether (sulfide) groups is 1. The zero-order chi connectivity index (χ0) is 26.2. The summed E-state index contributed by atoms with van der Waals surface area (Å²) in [4.78, 5) is 37.6. The molecule has 4 aliphatic rings. The first-order chi connectivity index (χ1) is 18.7. The third-order valence-electron chi connectivity index (χ3n) is 8.91. The van der Waals surface area contributed by atoms with Crippen molar-refractivity contribution in [3.8, 4) is 0 Å². The van der Waals surface area contributed by atoms with E-state index in [1.807, 2.05) is 4.90 Å². The van der Waals surface area contributed by atoms with Crippen molar-refractivity contribution in [3.05, 3.63) is 6.20 Å². The van der Waals surface area contributed by atoms with Crippen LogP contribution in [0.15, 0.2) is 10.4 Å². The first kappa shape index (κ1) is 28.2. The molecule has 0 atom stereocenters. The smallest absolute Gasteiger partial charge is 0.324 e. The summed E-state index contributed by atoms with van der Waals surface area (Å²) in [5, 5.41) is 7.21. The Morgan fingerprint density at radius 1 is 0.947 bits per heavy atom. The number of aromatic nitrogens is 1. The van der Waals surface area contributed by atoms with Crippen molar-refractivity contribution < 1.29 is 9.59 Å². The number of piperidine rings is 1. The first-order valence-electron chi connectivity index (χ1n) is 15.0. The lowest BCUT2D eigenvalue weighted by Crippen LogP contribution is -2.50. The van der Waals surface area contributed by atoms with Gasteiger partial charge in [-0.05, 0) is 57.5 Å². The van der Waals surface area contributed by atoms with Crippen molar-refractivity contribution in [2.45, 2.75) is 93.3 Å². The molecule has 3 amide bonds. The zero-order valence-corrected chi connectivity index (χ0v) is 24.5. The Labute approximate surface area is 236 Å². The average molecular weight is 563 g/mol. The van der Waals surface area contributed by atoms with Gasteiger partial charge in [-0.25, -0.2) is 9.78 Å². The van der Waals surface area contributed by atoms with Crippen LogP contribution in [0.3, 0.4) is 0 Å². The van der Waals surface area contributed by atoms with Crippen molar-refractivity contribution in [1.82, 2.24) is 25.0 Å². The molecule has 0 radical (unpaired) electrons. The summed E-state index contributed by atoms with van der Waals surface area (Å²) in [6, 6.07) is 0.741. The monoisotopic (exact) mass is 562 g/mol. The second kappa shape index (κ2) is 14.3. The van der Waals surface area contributed by atoms with Gasteiger partial charge in [-0.1, -0.05) is 49.9 Å². The minimum atomic E-state index is 0.0214. The van der Waals surface area contributed by atoms with Gasteiger partial charge in [-0.3, -0.25) is 15.0 Å². The highest BCUT2D eigenvalue weighted by Gasteiger charge is 2.33. The second-order valence-corrected chi connectivity index (χ2v) is 13.9. The van der Waals surface area contributed by atoms with Gasteiger partial charge in [-0.2, -0.15) is 0 Å². The normalized spacial score (nSPS) is 22.9. The molecule has 38 heavy (non-hydrogen) atoms. The number of urea groups is 1.